The van der Waals surface area contributed by atoms with Crippen LogP contribution in [0.25, 0.3) is 11.1 Å². The number of carbonyl (C=O) groups excluding carboxylic acids is 1. The first-order valence-corrected chi connectivity index (χ1v) is 11.5. The van der Waals surface area contributed by atoms with E-state index in [2.05, 4.69) is 19.2 Å². The fourth-order valence-corrected chi connectivity index (χ4v) is 5.55. The highest BCUT2D eigenvalue weighted by molar-refractivity contribution is 7.93. The minimum atomic E-state index is -3.82. The van der Waals surface area contributed by atoms with Gasteiger partial charge in [0.2, 0.25) is 5.91 Å². The van der Waals surface area contributed by atoms with Crippen molar-refractivity contribution in [2.24, 2.45) is 0 Å². The monoisotopic (exact) mass is 414 g/mol. The van der Waals surface area contributed by atoms with Crippen LogP contribution in [0.15, 0.2) is 47.4 Å². The lowest BCUT2D eigenvalue weighted by Gasteiger charge is -2.32. The summed E-state index contributed by atoms with van der Waals surface area (Å²) < 4.78 is 33.4. The molecule has 4 rings (SSSR count). The molecule has 2 aliphatic heterocycles. The van der Waals surface area contributed by atoms with Gasteiger partial charge in [-0.3, -0.25) is 9.10 Å². The molecule has 0 radical (unpaired) electrons. The quantitative estimate of drug-likeness (QED) is 0.815. The average Bonchev–Trinajstić information content (AvgIpc) is 3.23. The summed E-state index contributed by atoms with van der Waals surface area (Å²) in [6.45, 7) is 5.07. The van der Waals surface area contributed by atoms with Crippen molar-refractivity contribution < 1.29 is 17.9 Å². The first-order chi connectivity index (χ1) is 13.9. The van der Waals surface area contributed by atoms with E-state index >= 15 is 0 Å². The number of anilines is 1. The van der Waals surface area contributed by atoms with Crippen LogP contribution in [0.2, 0.25) is 0 Å². The molecule has 1 N–H and O–H groups in total. The zero-order chi connectivity index (χ0) is 20.6. The lowest BCUT2D eigenvalue weighted by Crippen LogP contribution is -2.44. The van der Waals surface area contributed by atoms with E-state index in [1.807, 2.05) is 30.3 Å². The van der Waals surface area contributed by atoms with Crippen LogP contribution >= 0.6 is 0 Å². The van der Waals surface area contributed by atoms with Crippen LogP contribution in [0.5, 0.6) is 0 Å². The van der Waals surface area contributed by atoms with E-state index in [9.17, 15) is 13.2 Å². The summed E-state index contributed by atoms with van der Waals surface area (Å²) in [5.74, 6) is -0.0171. The number of hydrogen-bond donors (Lipinski definition) is 1. The van der Waals surface area contributed by atoms with Gasteiger partial charge in [-0.1, -0.05) is 38.1 Å². The Labute approximate surface area is 171 Å². The average molecular weight is 415 g/mol. The number of hydrogen-bond acceptors (Lipinski definition) is 4. The molecule has 2 heterocycles. The van der Waals surface area contributed by atoms with Crippen molar-refractivity contribution in [3.8, 4) is 11.1 Å². The molecule has 29 heavy (non-hydrogen) atoms. The Morgan fingerprint density at radius 2 is 2.00 bits per heavy atom. The van der Waals surface area contributed by atoms with Crippen LogP contribution in [0.4, 0.5) is 5.69 Å². The number of nitrogens with one attached hydrogen (secondary N) is 1. The highest BCUT2D eigenvalue weighted by Crippen LogP contribution is 2.43. The number of fused-ring (bicyclic) bond motifs is 3. The van der Waals surface area contributed by atoms with Gasteiger partial charge in [-0.2, -0.15) is 0 Å². The lowest BCUT2D eigenvalue weighted by molar-refractivity contribution is -0.120. The second kappa shape index (κ2) is 7.80. The van der Waals surface area contributed by atoms with Gasteiger partial charge in [-0.25, -0.2) is 8.42 Å². The Morgan fingerprint density at radius 1 is 1.21 bits per heavy atom. The summed E-state index contributed by atoms with van der Waals surface area (Å²) in [6.07, 6.45) is 1.92. The predicted molar refractivity (Wildman–Crippen MR) is 112 cm³/mol. The Balaban J connectivity index is 1.68. The molecule has 1 atom stereocenters. The minimum absolute atomic E-state index is 0.0125. The Kier molecular flexibility index (Phi) is 5.36. The van der Waals surface area contributed by atoms with Crippen LogP contribution in [-0.4, -0.2) is 40.1 Å². The van der Waals surface area contributed by atoms with Gasteiger partial charge in [0.15, 0.2) is 0 Å². The van der Waals surface area contributed by atoms with Gasteiger partial charge >= 0.3 is 0 Å². The number of amides is 1. The molecule has 2 aromatic carbocycles. The Morgan fingerprint density at radius 3 is 2.72 bits per heavy atom. The van der Waals surface area contributed by atoms with Crippen molar-refractivity contribution in [3.63, 3.8) is 0 Å². The number of benzene rings is 2. The maximum absolute atomic E-state index is 13.3. The molecule has 0 aliphatic carbocycles. The summed E-state index contributed by atoms with van der Waals surface area (Å²) in [4.78, 5) is 12.8. The van der Waals surface area contributed by atoms with Crippen LogP contribution in [0.3, 0.4) is 0 Å². The lowest BCUT2D eigenvalue weighted by atomic mass is 9.95. The fraction of sp³-hybridized carbons (Fsp3) is 0.409. The third kappa shape index (κ3) is 3.76. The minimum Gasteiger partial charge on any atom is -0.376 e. The number of sulfonamides is 1. The van der Waals surface area contributed by atoms with Gasteiger partial charge in [-0.05, 0) is 42.5 Å². The van der Waals surface area contributed by atoms with E-state index in [4.69, 9.17) is 4.74 Å². The predicted octanol–water partition coefficient (Wildman–Crippen LogP) is 3.28. The van der Waals surface area contributed by atoms with E-state index in [1.54, 1.807) is 12.1 Å². The van der Waals surface area contributed by atoms with Crippen LogP contribution in [0, 0.1) is 0 Å². The van der Waals surface area contributed by atoms with Crippen molar-refractivity contribution in [2.75, 3.05) is 24.0 Å². The number of nitrogens with zero attached hydrogens (tertiary/aromatic N) is 1. The van der Waals surface area contributed by atoms with E-state index in [-0.39, 0.29) is 23.5 Å². The SMILES string of the molecule is CC(C)c1ccc2c(c1)-c1ccccc1S(=O)(=O)N2CC(=O)NC[C@@H]1CCCO1. The van der Waals surface area contributed by atoms with Crippen molar-refractivity contribution >= 4 is 21.6 Å². The molecule has 1 saturated heterocycles. The molecule has 7 heteroatoms. The molecule has 0 saturated carbocycles. The molecule has 6 nitrogen and oxygen atoms in total. The molecule has 0 spiro atoms. The topological polar surface area (TPSA) is 75.7 Å². The zero-order valence-electron chi connectivity index (χ0n) is 16.7. The molecular weight excluding hydrogens is 388 g/mol. The fourth-order valence-electron chi connectivity index (χ4n) is 3.90. The molecule has 0 aromatic heterocycles. The van der Waals surface area contributed by atoms with Gasteiger partial charge < -0.3 is 10.1 Å². The van der Waals surface area contributed by atoms with Crippen molar-refractivity contribution in [1.82, 2.24) is 5.32 Å². The van der Waals surface area contributed by atoms with Crippen molar-refractivity contribution in [1.29, 1.82) is 0 Å². The van der Waals surface area contributed by atoms with Crippen LogP contribution < -0.4 is 9.62 Å². The molecule has 2 aromatic rings. The summed E-state index contributed by atoms with van der Waals surface area (Å²) in [7, 11) is -3.82. The maximum atomic E-state index is 13.3. The molecular formula is C22H26N2O4S. The molecule has 0 bridgehead atoms. The second-order valence-electron chi connectivity index (χ2n) is 7.88. The Hall–Kier alpha value is -2.38. The smallest absolute Gasteiger partial charge is 0.265 e. The van der Waals surface area contributed by atoms with Crippen molar-refractivity contribution in [3.05, 3.63) is 48.0 Å². The summed E-state index contributed by atoms with van der Waals surface area (Å²) in [6, 6.07) is 12.8. The summed E-state index contributed by atoms with van der Waals surface area (Å²) >= 11 is 0. The van der Waals surface area contributed by atoms with Gasteiger partial charge in [0, 0.05) is 24.3 Å². The highest BCUT2D eigenvalue weighted by atomic mass is 32.2. The zero-order valence-corrected chi connectivity index (χ0v) is 17.5. The summed E-state index contributed by atoms with van der Waals surface area (Å²) in [5.41, 5.74) is 3.19. The van der Waals surface area contributed by atoms with E-state index in [0.717, 1.165) is 24.0 Å². The largest absolute Gasteiger partial charge is 0.376 e. The van der Waals surface area contributed by atoms with E-state index < -0.39 is 10.0 Å². The Bertz CT molecular complexity index is 1030. The second-order valence-corrected chi connectivity index (χ2v) is 9.71. The number of carbonyl (C=O) groups is 1. The first kappa shape index (κ1) is 19.9. The van der Waals surface area contributed by atoms with Gasteiger partial charge in [0.1, 0.15) is 6.54 Å². The summed E-state index contributed by atoms with van der Waals surface area (Å²) in [5, 5.41) is 2.82. The van der Waals surface area contributed by atoms with E-state index in [0.29, 0.717) is 30.3 Å². The molecule has 154 valence electrons. The normalized spacial score (nSPS) is 19.7. The number of ether oxygens (including phenoxy) is 1. The molecule has 0 unspecified atom stereocenters. The third-order valence-electron chi connectivity index (χ3n) is 5.54. The molecule has 2 aliphatic rings. The third-order valence-corrected chi connectivity index (χ3v) is 7.36. The number of rotatable bonds is 5. The van der Waals surface area contributed by atoms with Gasteiger partial charge in [-0.15, -0.1) is 0 Å². The molecule has 1 amide bonds. The highest BCUT2D eigenvalue weighted by Gasteiger charge is 2.36. The van der Waals surface area contributed by atoms with Crippen LogP contribution in [-0.2, 0) is 19.6 Å². The van der Waals surface area contributed by atoms with Crippen molar-refractivity contribution in [2.45, 2.75) is 43.6 Å². The molecule has 1 fully saturated rings. The first-order valence-electron chi connectivity index (χ1n) is 10.0. The van der Waals surface area contributed by atoms with Gasteiger partial charge in [0.05, 0.1) is 16.7 Å². The standard InChI is InChI=1S/C22H26N2O4S/c1-15(2)16-9-10-20-19(12-16)18-7-3-4-8-21(18)29(26,27)24(20)14-22(25)23-13-17-6-5-11-28-17/h3-4,7-10,12,15,17H,5-6,11,13-14H2,1-2H3,(H,23,25)/t17-/m0/s1. The van der Waals surface area contributed by atoms with E-state index in [1.165, 1.54) is 4.31 Å². The maximum Gasteiger partial charge on any atom is 0.265 e. The van der Waals surface area contributed by atoms with Gasteiger partial charge in [0.25, 0.3) is 10.0 Å². The van der Waals surface area contributed by atoms with Crippen LogP contribution in [0.1, 0.15) is 38.2 Å².